The number of phenolic OH excluding ortho intramolecular Hbond substituents is 2. The molecule has 4 unspecified atom stereocenters. The Morgan fingerprint density at radius 2 is 1.00 bits per heavy atom. The molecule has 0 aromatic heterocycles. The van der Waals surface area contributed by atoms with Crippen molar-refractivity contribution in [3.63, 3.8) is 0 Å². The summed E-state index contributed by atoms with van der Waals surface area (Å²) >= 11 is 0. The lowest BCUT2D eigenvalue weighted by Gasteiger charge is -2.27. The first-order chi connectivity index (χ1) is 26.2. The molecule has 2 aliphatic heterocycles. The number of phenols is 2. The maximum Gasteiger partial charge on any atom is 0.348 e. The van der Waals surface area contributed by atoms with Crippen LogP contribution in [0, 0.1) is 11.8 Å². The van der Waals surface area contributed by atoms with Crippen LogP contribution < -0.4 is 8.61 Å². The van der Waals surface area contributed by atoms with Gasteiger partial charge in [0.15, 0.2) is 0 Å². The van der Waals surface area contributed by atoms with Gasteiger partial charge in [-0.05, 0) is 77.6 Å². The van der Waals surface area contributed by atoms with Crippen molar-refractivity contribution in [2.45, 2.75) is 58.2 Å². The zero-order valence-corrected chi connectivity index (χ0v) is 32.0. The summed E-state index contributed by atoms with van der Waals surface area (Å²) in [7, 11) is -10.1. The Hall–Kier alpha value is -5.16. The van der Waals surface area contributed by atoms with Gasteiger partial charge in [0.1, 0.15) is 24.6 Å². The predicted octanol–water partition coefficient (Wildman–Crippen LogP) is 4.49. The van der Waals surface area contributed by atoms with Crippen LogP contribution >= 0.6 is 0 Å². The molecular weight excluding hydrogens is 749 g/mol. The van der Waals surface area contributed by atoms with E-state index in [9.17, 15) is 46.9 Å². The van der Waals surface area contributed by atoms with Gasteiger partial charge in [0.2, 0.25) is 0 Å². The van der Waals surface area contributed by atoms with Crippen molar-refractivity contribution in [2.75, 3.05) is 21.7 Å². The van der Waals surface area contributed by atoms with E-state index in [-0.39, 0.29) is 32.0 Å². The lowest BCUT2D eigenvalue weighted by atomic mass is 9.86. The van der Waals surface area contributed by atoms with E-state index in [2.05, 4.69) is 0 Å². The minimum absolute atomic E-state index is 0.131. The number of hydrogen-bond donors (Lipinski definition) is 4. The lowest BCUT2D eigenvalue weighted by molar-refractivity contribution is -0.140. The summed E-state index contributed by atoms with van der Waals surface area (Å²) in [6.07, 6.45) is 1.12. The number of hydrogen-bond acceptors (Lipinski definition) is 10. The molecule has 4 aromatic carbocycles. The van der Waals surface area contributed by atoms with E-state index in [4.69, 9.17) is 0 Å². The van der Waals surface area contributed by atoms with Crippen molar-refractivity contribution in [2.24, 2.45) is 11.8 Å². The Kier molecular flexibility index (Phi) is 11.4. The fraction of sp³-hybridized carbons (Fsp3) is 0.333. The molecule has 0 saturated carbocycles. The van der Waals surface area contributed by atoms with Crippen molar-refractivity contribution in [3.05, 3.63) is 119 Å². The van der Waals surface area contributed by atoms with Crippen LogP contribution in [0.2, 0.25) is 0 Å². The number of aromatic hydroxyl groups is 2. The first-order valence-corrected chi connectivity index (χ1v) is 20.8. The van der Waals surface area contributed by atoms with E-state index >= 15 is 0 Å². The number of carbonyl (C=O) groups is 2. The Morgan fingerprint density at radius 1 is 0.600 bits per heavy atom. The van der Waals surface area contributed by atoms with E-state index in [1.54, 1.807) is 6.07 Å². The molecule has 14 nitrogen and oxygen atoms in total. The average molecular weight is 793 g/mol. The van der Waals surface area contributed by atoms with Crippen LogP contribution in [0.25, 0.3) is 0 Å². The van der Waals surface area contributed by atoms with Gasteiger partial charge in [-0.2, -0.15) is 16.8 Å². The molecule has 0 radical (unpaired) electrons. The largest absolute Gasteiger partial charge is 0.506 e. The van der Waals surface area contributed by atoms with Crippen LogP contribution in [0.3, 0.4) is 0 Å². The average Bonchev–Trinajstić information content (AvgIpc) is 3.53. The van der Waals surface area contributed by atoms with Gasteiger partial charge in [0.25, 0.3) is 11.8 Å². The van der Waals surface area contributed by atoms with Gasteiger partial charge >= 0.3 is 20.4 Å². The summed E-state index contributed by atoms with van der Waals surface area (Å²) < 4.78 is 56.2. The minimum Gasteiger partial charge on any atom is -0.506 e. The number of hydrazine groups is 1. The molecule has 2 amide bonds. The third kappa shape index (κ3) is 7.72. The molecule has 16 heteroatoms. The van der Waals surface area contributed by atoms with Crippen LogP contribution in [0.4, 0.5) is 11.4 Å². The van der Waals surface area contributed by atoms with Gasteiger partial charge in [-0.3, -0.25) is 9.59 Å². The third-order valence-electron chi connectivity index (χ3n) is 10.1. The first-order valence-electron chi connectivity index (χ1n) is 18.0. The van der Waals surface area contributed by atoms with Crippen LogP contribution in [0.5, 0.6) is 11.5 Å². The van der Waals surface area contributed by atoms with Crippen LogP contribution in [-0.4, -0.2) is 71.0 Å². The van der Waals surface area contributed by atoms with Gasteiger partial charge in [-0.1, -0.05) is 99.5 Å². The lowest BCUT2D eigenvalue weighted by Crippen LogP contribution is -2.51. The smallest absolute Gasteiger partial charge is 0.348 e. The molecule has 6 rings (SSSR count). The maximum absolute atomic E-state index is 13.9. The summed E-state index contributed by atoms with van der Waals surface area (Å²) in [5.74, 6) is -4.02. The highest BCUT2D eigenvalue weighted by molar-refractivity contribution is 7.94. The zero-order chi connectivity index (χ0) is 39.7. The normalized spacial score (nSPS) is 18.8. The summed E-state index contributed by atoms with van der Waals surface area (Å²) in [6, 6.07) is 26.5. The molecule has 4 N–H and O–H groups in total. The van der Waals surface area contributed by atoms with Crippen LogP contribution in [-0.2, 0) is 42.8 Å². The first kappa shape index (κ1) is 39.5. The number of amides is 2. The molecule has 55 heavy (non-hydrogen) atoms. The van der Waals surface area contributed by atoms with Crippen molar-refractivity contribution in [1.82, 2.24) is 8.83 Å². The zero-order valence-electron chi connectivity index (χ0n) is 30.3. The van der Waals surface area contributed by atoms with Gasteiger partial charge in [0.05, 0.1) is 23.6 Å². The van der Waals surface area contributed by atoms with Crippen LogP contribution in [0.15, 0.2) is 97.1 Å². The van der Waals surface area contributed by atoms with E-state index < -0.39 is 69.0 Å². The summed E-state index contributed by atoms with van der Waals surface area (Å²) in [5, 5.41) is 44.0. The van der Waals surface area contributed by atoms with Gasteiger partial charge in [0, 0.05) is 0 Å². The number of aliphatic hydroxyl groups is 2. The Morgan fingerprint density at radius 3 is 1.38 bits per heavy atom. The van der Waals surface area contributed by atoms with E-state index in [1.807, 2.05) is 74.5 Å². The van der Waals surface area contributed by atoms with Gasteiger partial charge in [-0.25, -0.2) is 8.61 Å². The summed E-state index contributed by atoms with van der Waals surface area (Å²) in [4.78, 5) is 26.6. The number of nitrogens with zero attached hydrogens (tertiary/aromatic N) is 4. The molecule has 0 bridgehead atoms. The fourth-order valence-electron chi connectivity index (χ4n) is 7.27. The number of aliphatic hydroxyl groups excluding tert-OH is 2. The summed E-state index contributed by atoms with van der Waals surface area (Å²) in [6.45, 7) is 2.08. The molecule has 4 atom stereocenters. The molecule has 0 aliphatic carbocycles. The van der Waals surface area contributed by atoms with E-state index in [1.165, 1.54) is 30.3 Å². The SMILES string of the molecule is CCCC(Cc1ccc(N2CC(=O)N(N3C(=O)CN(c4ccc(CC(CC)C(O)c5ccccc5)cc4O)S3(=O)=O)S2(=O)=O)c(O)c1)C(O)c1ccccc1. The molecule has 292 valence electrons. The fourth-order valence-corrected chi connectivity index (χ4v) is 10.7. The quantitative estimate of drug-likeness (QED) is 0.141. The highest BCUT2D eigenvalue weighted by Crippen LogP contribution is 2.41. The highest BCUT2D eigenvalue weighted by Gasteiger charge is 2.57. The summed E-state index contributed by atoms with van der Waals surface area (Å²) in [5.41, 5.74) is 2.00. The van der Waals surface area contributed by atoms with E-state index in [0.29, 0.717) is 45.4 Å². The number of benzene rings is 4. The molecule has 2 aliphatic rings. The monoisotopic (exact) mass is 792 g/mol. The van der Waals surface area contributed by atoms with Crippen LogP contribution in [0.1, 0.15) is 67.6 Å². The molecule has 2 heterocycles. The predicted molar refractivity (Wildman–Crippen MR) is 205 cm³/mol. The van der Waals surface area contributed by atoms with Crippen molar-refractivity contribution < 1.29 is 46.9 Å². The standard InChI is InChI=1S/C39H44N4O10S2/c1-3-11-31(39(49)30-14-9-6-10-15-30)21-27-17-19-33(35(45)23-27)41-25-37(47)43(55(41,52)53)42-36(46)24-40(54(42,50)51)32-18-16-26(22-34(32)44)20-28(4-2)38(48)29-12-7-5-8-13-29/h5-10,12-19,22-23,28,31,38-39,44-45,48-49H,3-4,11,20-21,24-25H2,1-2H3. The second kappa shape index (κ2) is 15.9. The topological polar surface area (TPSA) is 196 Å². The Bertz CT molecular complexity index is 2260. The highest BCUT2D eigenvalue weighted by atomic mass is 32.2. The molecule has 2 fully saturated rings. The third-order valence-corrected chi connectivity index (χ3v) is 13.6. The molecule has 4 aromatic rings. The molecular formula is C39H44N4O10S2. The second-order valence-corrected chi connectivity index (χ2v) is 17.1. The van der Waals surface area contributed by atoms with Gasteiger partial charge < -0.3 is 20.4 Å². The second-order valence-electron chi connectivity index (χ2n) is 13.8. The van der Waals surface area contributed by atoms with Crippen molar-refractivity contribution in [3.8, 4) is 11.5 Å². The number of rotatable bonds is 14. The van der Waals surface area contributed by atoms with Crippen molar-refractivity contribution >= 4 is 43.6 Å². The number of anilines is 2. The molecule has 0 spiro atoms. The van der Waals surface area contributed by atoms with E-state index in [0.717, 1.165) is 17.5 Å². The minimum atomic E-state index is -5.07. The number of carbonyl (C=O) groups excluding carboxylic acids is 2. The molecule has 2 saturated heterocycles. The van der Waals surface area contributed by atoms with Gasteiger partial charge in [-0.15, -0.1) is 8.83 Å². The van der Waals surface area contributed by atoms with Crippen molar-refractivity contribution in [1.29, 1.82) is 0 Å². The Labute approximate surface area is 320 Å². The Balaban J connectivity index is 1.20. The maximum atomic E-state index is 13.9.